The SMILES string of the molecule is C=CCCOC(=O)N1CCC(OC(=O)NCC)c2ccccc2N(C)C(=O)C1. The topological polar surface area (TPSA) is 88.2 Å². The molecule has 152 valence electrons. The van der Waals surface area contributed by atoms with Gasteiger partial charge in [0.15, 0.2) is 0 Å². The maximum Gasteiger partial charge on any atom is 0.410 e. The maximum absolute atomic E-state index is 12.7. The number of ether oxygens (including phenoxy) is 2. The van der Waals surface area contributed by atoms with Crippen molar-refractivity contribution in [1.82, 2.24) is 10.2 Å². The molecule has 1 N–H and O–H groups in total. The third kappa shape index (κ3) is 5.48. The Kier molecular flexibility index (Phi) is 7.86. The zero-order valence-electron chi connectivity index (χ0n) is 16.3. The number of alkyl carbamates (subject to hydrolysis) is 1. The number of carbonyl (C=O) groups is 3. The summed E-state index contributed by atoms with van der Waals surface area (Å²) in [7, 11) is 1.64. The Hall–Kier alpha value is -3.03. The van der Waals surface area contributed by atoms with Crippen molar-refractivity contribution in [2.24, 2.45) is 0 Å². The minimum atomic E-state index is -0.612. The van der Waals surface area contributed by atoms with Gasteiger partial charge >= 0.3 is 12.2 Å². The molecule has 8 nitrogen and oxygen atoms in total. The van der Waals surface area contributed by atoms with E-state index in [9.17, 15) is 14.4 Å². The number of amides is 3. The number of fused-ring (bicyclic) bond motifs is 1. The molecule has 0 fully saturated rings. The largest absolute Gasteiger partial charge is 0.449 e. The van der Waals surface area contributed by atoms with E-state index in [0.29, 0.717) is 30.6 Å². The van der Waals surface area contributed by atoms with Gasteiger partial charge in [-0.3, -0.25) is 9.69 Å². The number of rotatable bonds is 5. The molecule has 0 saturated carbocycles. The van der Waals surface area contributed by atoms with Crippen LogP contribution >= 0.6 is 0 Å². The first-order valence-corrected chi connectivity index (χ1v) is 9.30. The van der Waals surface area contributed by atoms with Gasteiger partial charge in [-0.15, -0.1) is 6.58 Å². The minimum absolute atomic E-state index is 0.119. The van der Waals surface area contributed by atoms with E-state index >= 15 is 0 Å². The third-order valence-electron chi connectivity index (χ3n) is 4.38. The minimum Gasteiger partial charge on any atom is -0.449 e. The summed E-state index contributed by atoms with van der Waals surface area (Å²) in [5.41, 5.74) is 1.36. The van der Waals surface area contributed by atoms with Gasteiger partial charge in [0, 0.05) is 32.1 Å². The lowest BCUT2D eigenvalue weighted by Crippen LogP contribution is -2.42. The molecule has 0 aliphatic carbocycles. The van der Waals surface area contributed by atoms with Gasteiger partial charge in [0.2, 0.25) is 5.91 Å². The lowest BCUT2D eigenvalue weighted by atomic mass is 10.0. The van der Waals surface area contributed by atoms with Crippen LogP contribution in [0.1, 0.15) is 31.4 Å². The van der Waals surface area contributed by atoms with E-state index in [0.717, 1.165) is 0 Å². The Morgan fingerprint density at radius 2 is 2.11 bits per heavy atom. The van der Waals surface area contributed by atoms with E-state index in [1.165, 1.54) is 9.80 Å². The molecule has 8 heteroatoms. The second-order valence-electron chi connectivity index (χ2n) is 6.34. The molecule has 1 aliphatic heterocycles. The monoisotopic (exact) mass is 389 g/mol. The summed E-state index contributed by atoms with van der Waals surface area (Å²) in [5, 5.41) is 2.61. The van der Waals surface area contributed by atoms with Gasteiger partial charge in [-0.05, 0) is 19.4 Å². The van der Waals surface area contributed by atoms with Crippen LogP contribution in [0.4, 0.5) is 15.3 Å². The van der Waals surface area contributed by atoms with Crippen molar-refractivity contribution in [1.29, 1.82) is 0 Å². The Morgan fingerprint density at radius 1 is 1.36 bits per heavy atom. The fraction of sp³-hybridized carbons (Fsp3) is 0.450. The van der Waals surface area contributed by atoms with E-state index in [2.05, 4.69) is 11.9 Å². The van der Waals surface area contributed by atoms with Crippen LogP contribution in [0.15, 0.2) is 36.9 Å². The Balaban J connectivity index is 2.28. The van der Waals surface area contributed by atoms with E-state index in [4.69, 9.17) is 9.47 Å². The zero-order chi connectivity index (χ0) is 20.5. The molecular formula is C20H27N3O5. The first-order chi connectivity index (χ1) is 13.5. The molecule has 1 heterocycles. The number of carbonyl (C=O) groups excluding carboxylic acids is 3. The fourth-order valence-electron chi connectivity index (χ4n) is 2.89. The van der Waals surface area contributed by atoms with Crippen molar-refractivity contribution in [3.05, 3.63) is 42.5 Å². The number of nitrogens with zero attached hydrogens (tertiary/aromatic N) is 2. The molecule has 0 saturated heterocycles. The second kappa shape index (κ2) is 10.3. The van der Waals surface area contributed by atoms with Gasteiger partial charge in [-0.25, -0.2) is 9.59 Å². The summed E-state index contributed by atoms with van der Waals surface area (Å²) in [6.07, 6.45) is 0.784. The molecule has 1 unspecified atom stereocenters. The van der Waals surface area contributed by atoms with Crippen LogP contribution in [0, 0.1) is 0 Å². The predicted molar refractivity (Wildman–Crippen MR) is 105 cm³/mol. The first-order valence-electron chi connectivity index (χ1n) is 9.30. The average molecular weight is 389 g/mol. The molecule has 1 aromatic rings. The van der Waals surface area contributed by atoms with Crippen LogP contribution in [0.5, 0.6) is 0 Å². The average Bonchev–Trinajstić information content (AvgIpc) is 2.73. The van der Waals surface area contributed by atoms with E-state index in [1.54, 1.807) is 26.1 Å². The van der Waals surface area contributed by atoms with Gasteiger partial charge in [-0.2, -0.15) is 0 Å². The van der Waals surface area contributed by atoms with Crippen molar-refractivity contribution in [2.45, 2.75) is 25.9 Å². The van der Waals surface area contributed by atoms with Crippen molar-refractivity contribution in [3.8, 4) is 0 Å². The number of hydrogen-bond donors (Lipinski definition) is 1. The lowest BCUT2D eigenvalue weighted by Gasteiger charge is -2.23. The van der Waals surface area contributed by atoms with Gasteiger partial charge in [0.25, 0.3) is 0 Å². The normalized spacial score (nSPS) is 16.9. The van der Waals surface area contributed by atoms with Crippen LogP contribution in [0.25, 0.3) is 0 Å². The quantitative estimate of drug-likeness (QED) is 0.618. The van der Waals surface area contributed by atoms with Crippen LogP contribution in [-0.4, -0.2) is 56.3 Å². The smallest absolute Gasteiger partial charge is 0.410 e. The molecule has 3 amide bonds. The third-order valence-corrected chi connectivity index (χ3v) is 4.38. The number of hydrogen-bond acceptors (Lipinski definition) is 5. The van der Waals surface area contributed by atoms with E-state index < -0.39 is 18.3 Å². The van der Waals surface area contributed by atoms with E-state index in [-0.39, 0.29) is 25.6 Å². The number of likely N-dealkylation sites (N-methyl/N-ethyl adjacent to an activating group) is 1. The molecule has 1 aromatic carbocycles. The first kappa shape index (κ1) is 21.3. The molecule has 0 spiro atoms. The molecule has 28 heavy (non-hydrogen) atoms. The number of benzene rings is 1. The summed E-state index contributed by atoms with van der Waals surface area (Å²) in [5.74, 6) is -0.258. The van der Waals surface area contributed by atoms with Gasteiger partial charge in [-0.1, -0.05) is 24.3 Å². The van der Waals surface area contributed by atoms with Crippen molar-refractivity contribution in [2.75, 3.05) is 38.2 Å². The Morgan fingerprint density at radius 3 is 2.82 bits per heavy atom. The van der Waals surface area contributed by atoms with Gasteiger partial charge < -0.3 is 19.7 Å². The molecule has 0 radical (unpaired) electrons. The van der Waals surface area contributed by atoms with Crippen LogP contribution < -0.4 is 10.2 Å². The number of nitrogens with one attached hydrogen (secondary N) is 1. The molecular weight excluding hydrogens is 362 g/mol. The Labute approximate surface area is 165 Å². The fourth-order valence-corrected chi connectivity index (χ4v) is 2.89. The zero-order valence-corrected chi connectivity index (χ0v) is 16.3. The summed E-state index contributed by atoms with van der Waals surface area (Å²) >= 11 is 0. The van der Waals surface area contributed by atoms with Crippen molar-refractivity contribution in [3.63, 3.8) is 0 Å². The van der Waals surface area contributed by atoms with Gasteiger partial charge in [0.05, 0.1) is 12.3 Å². The highest BCUT2D eigenvalue weighted by molar-refractivity contribution is 5.96. The summed E-state index contributed by atoms with van der Waals surface area (Å²) < 4.78 is 10.8. The number of para-hydroxylation sites is 1. The summed E-state index contributed by atoms with van der Waals surface area (Å²) in [4.78, 5) is 39.9. The van der Waals surface area contributed by atoms with Crippen molar-refractivity contribution < 1.29 is 23.9 Å². The van der Waals surface area contributed by atoms with Crippen molar-refractivity contribution >= 4 is 23.8 Å². The lowest BCUT2D eigenvalue weighted by molar-refractivity contribution is -0.119. The molecule has 0 aromatic heterocycles. The highest BCUT2D eigenvalue weighted by Crippen LogP contribution is 2.32. The summed E-state index contributed by atoms with van der Waals surface area (Å²) in [6, 6.07) is 7.25. The van der Waals surface area contributed by atoms with E-state index in [1.807, 2.05) is 18.2 Å². The van der Waals surface area contributed by atoms with Crippen LogP contribution in [0.2, 0.25) is 0 Å². The highest BCUT2D eigenvalue weighted by atomic mass is 16.6. The number of anilines is 1. The Bertz CT molecular complexity index is 722. The summed E-state index contributed by atoms with van der Waals surface area (Å²) in [6.45, 7) is 6.11. The van der Waals surface area contributed by atoms with Crippen LogP contribution in [-0.2, 0) is 14.3 Å². The standard InChI is InChI=1S/C20H27N3O5/c1-4-6-13-27-20(26)23-12-11-17(28-19(25)21-5-2)15-9-7-8-10-16(15)22(3)18(24)14-23/h4,7-10,17H,1,5-6,11-14H2,2-3H3,(H,21,25). The van der Waals surface area contributed by atoms with Crippen LogP contribution in [0.3, 0.4) is 0 Å². The second-order valence-corrected chi connectivity index (χ2v) is 6.34. The highest BCUT2D eigenvalue weighted by Gasteiger charge is 2.29. The molecule has 0 bridgehead atoms. The maximum atomic E-state index is 12.7. The molecule has 1 aliphatic rings. The van der Waals surface area contributed by atoms with Gasteiger partial charge in [0.1, 0.15) is 12.6 Å². The molecule has 1 atom stereocenters. The predicted octanol–water partition coefficient (Wildman–Crippen LogP) is 2.86. The molecule has 2 rings (SSSR count).